The third kappa shape index (κ3) is 6.76. The van der Waals surface area contributed by atoms with Gasteiger partial charge in [0.2, 0.25) is 0 Å². The first-order valence-electron chi connectivity index (χ1n) is 9.08. The van der Waals surface area contributed by atoms with Crippen LogP contribution < -0.4 is 14.9 Å². The van der Waals surface area contributed by atoms with Gasteiger partial charge in [-0.15, -0.1) is 0 Å². The monoisotopic (exact) mass is 452 g/mol. The summed E-state index contributed by atoms with van der Waals surface area (Å²) in [5.74, 6) is 1.05. The van der Waals surface area contributed by atoms with Gasteiger partial charge < -0.3 is 9.47 Å². The molecule has 0 radical (unpaired) electrons. The molecule has 0 saturated heterocycles. The second-order valence-electron chi connectivity index (χ2n) is 6.36. The summed E-state index contributed by atoms with van der Waals surface area (Å²) in [4.78, 5) is 11.9. The maximum atomic E-state index is 11.9. The number of carbonyl (C=O) groups is 1. The molecule has 0 spiro atoms. The Labute approximate surface area is 178 Å². The first-order chi connectivity index (χ1) is 14.1. The molecule has 5 nitrogen and oxygen atoms in total. The number of nitrogens with one attached hydrogen (secondary N) is 1. The number of ether oxygens (including phenoxy) is 2. The second kappa shape index (κ2) is 10.4. The minimum atomic E-state index is -0.337. The van der Waals surface area contributed by atoms with Gasteiger partial charge in [-0.25, -0.2) is 5.43 Å². The van der Waals surface area contributed by atoms with Crippen LogP contribution in [0.2, 0.25) is 0 Å². The Morgan fingerprint density at radius 1 is 1.03 bits per heavy atom. The van der Waals surface area contributed by atoms with Crippen molar-refractivity contribution in [2.75, 3.05) is 6.61 Å². The lowest BCUT2D eigenvalue weighted by molar-refractivity contribution is -0.123. The fourth-order valence-electron chi connectivity index (χ4n) is 2.47. The van der Waals surface area contributed by atoms with Gasteiger partial charge in [-0.2, -0.15) is 5.10 Å². The van der Waals surface area contributed by atoms with Crippen molar-refractivity contribution in [1.29, 1.82) is 0 Å². The smallest absolute Gasteiger partial charge is 0.277 e. The van der Waals surface area contributed by atoms with Crippen LogP contribution in [-0.2, 0) is 11.4 Å². The Kier molecular flexibility index (Phi) is 7.41. The predicted octanol–water partition coefficient (Wildman–Crippen LogP) is 4.87. The molecule has 1 N–H and O–H groups in total. The van der Waals surface area contributed by atoms with Crippen molar-refractivity contribution in [3.8, 4) is 11.5 Å². The molecule has 3 aromatic carbocycles. The van der Waals surface area contributed by atoms with E-state index in [2.05, 4.69) is 26.5 Å². The van der Waals surface area contributed by atoms with Crippen LogP contribution in [0.25, 0.3) is 0 Å². The van der Waals surface area contributed by atoms with Crippen molar-refractivity contribution >= 4 is 28.1 Å². The van der Waals surface area contributed by atoms with Gasteiger partial charge in [0.05, 0.1) is 10.7 Å². The van der Waals surface area contributed by atoms with Crippen molar-refractivity contribution in [2.45, 2.75) is 13.5 Å². The quantitative estimate of drug-likeness (QED) is 0.391. The largest absolute Gasteiger partial charge is 0.489 e. The maximum absolute atomic E-state index is 11.9. The van der Waals surface area contributed by atoms with Gasteiger partial charge in [0.1, 0.15) is 18.1 Å². The minimum Gasteiger partial charge on any atom is -0.489 e. The highest BCUT2D eigenvalue weighted by atomic mass is 79.9. The standard InChI is InChI=1S/C23H21BrN2O3/c1-17-7-12-22(21(24)13-17)29-16-23(27)26-25-14-18-8-10-20(11-9-18)28-15-19-5-3-2-4-6-19/h2-14H,15-16H2,1H3,(H,26,27)/b25-14+. The van der Waals surface area contributed by atoms with E-state index < -0.39 is 0 Å². The van der Waals surface area contributed by atoms with E-state index in [1.54, 1.807) is 6.21 Å². The number of rotatable bonds is 8. The van der Waals surface area contributed by atoms with Crippen LogP contribution in [0.3, 0.4) is 0 Å². The molecule has 1 amide bonds. The third-order valence-electron chi connectivity index (χ3n) is 3.98. The van der Waals surface area contributed by atoms with E-state index in [4.69, 9.17) is 9.47 Å². The zero-order valence-corrected chi connectivity index (χ0v) is 17.6. The van der Waals surface area contributed by atoms with Gasteiger partial charge >= 0.3 is 0 Å². The summed E-state index contributed by atoms with van der Waals surface area (Å²) < 4.78 is 12.0. The number of aryl methyl sites for hydroxylation is 1. The van der Waals surface area contributed by atoms with Gasteiger partial charge in [0.15, 0.2) is 6.61 Å². The van der Waals surface area contributed by atoms with Crippen LogP contribution in [0.4, 0.5) is 0 Å². The Balaban J connectivity index is 1.43. The van der Waals surface area contributed by atoms with Gasteiger partial charge in [0.25, 0.3) is 5.91 Å². The van der Waals surface area contributed by atoms with Gasteiger partial charge in [-0.3, -0.25) is 4.79 Å². The van der Waals surface area contributed by atoms with Crippen LogP contribution in [0.5, 0.6) is 11.5 Å². The fraction of sp³-hybridized carbons (Fsp3) is 0.130. The highest BCUT2D eigenvalue weighted by molar-refractivity contribution is 9.10. The van der Waals surface area contributed by atoms with Crippen molar-refractivity contribution in [1.82, 2.24) is 5.43 Å². The number of halogens is 1. The van der Waals surface area contributed by atoms with Crippen LogP contribution in [0.15, 0.2) is 82.4 Å². The van der Waals surface area contributed by atoms with E-state index in [0.29, 0.717) is 12.4 Å². The summed E-state index contributed by atoms with van der Waals surface area (Å²) in [6.45, 7) is 2.38. The molecular formula is C23H21BrN2O3. The predicted molar refractivity (Wildman–Crippen MR) is 117 cm³/mol. The number of hydrazone groups is 1. The Bertz CT molecular complexity index is 973. The molecule has 6 heteroatoms. The van der Waals surface area contributed by atoms with Crippen molar-refractivity contribution < 1.29 is 14.3 Å². The van der Waals surface area contributed by atoms with Gasteiger partial charge in [0, 0.05) is 0 Å². The first kappa shape index (κ1) is 20.6. The molecule has 0 aliphatic carbocycles. The number of hydrogen-bond acceptors (Lipinski definition) is 4. The summed E-state index contributed by atoms with van der Waals surface area (Å²) in [5.41, 5.74) is 5.52. The molecule has 3 rings (SSSR count). The van der Waals surface area contributed by atoms with Crippen LogP contribution >= 0.6 is 15.9 Å². The molecule has 3 aromatic rings. The highest BCUT2D eigenvalue weighted by Gasteiger charge is 2.05. The van der Waals surface area contributed by atoms with E-state index in [1.165, 1.54) is 0 Å². The summed E-state index contributed by atoms with van der Waals surface area (Å²) in [6.07, 6.45) is 1.57. The van der Waals surface area contributed by atoms with E-state index >= 15 is 0 Å². The molecule has 0 saturated carbocycles. The molecule has 148 valence electrons. The normalized spacial score (nSPS) is 10.7. The second-order valence-corrected chi connectivity index (χ2v) is 7.21. The van der Waals surface area contributed by atoms with E-state index in [1.807, 2.05) is 79.7 Å². The lowest BCUT2D eigenvalue weighted by atomic mass is 10.2. The van der Waals surface area contributed by atoms with Crippen LogP contribution in [0.1, 0.15) is 16.7 Å². The minimum absolute atomic E-state index is 0.120. The Morgan fingerprint density at radius 2 is 1.79 bits per heavy atom. The number of nitrogens with zero attached hydrogens (tertiary/aromatic N) is 1. The van der Waals surface area contributed by atoms with E-state index in [9.17, 15) is 4.79 Å². The van der Waals surface area contributed by atoms with Crippen molar-refractivity contribution in [3.05, 3.63) is 94.0 Å². The van der Waals surface area contributed by atoms with Gasteiger partial charge in [-0.05, 0) is 75.9 Å². The first-order valence-corrected chi connectivity index (χ1v) is 9.87. The summed E-state index contributed by atoms with van der Waals surface area (Å²) >= 11 is 3.41. The van der Waals surface area contributed by atoms with Crippen LogP contribution in [0, 0.1) is 6.92 Å². The van der Waals surface area contributed by atoms with Crippen LogP contribution in [-0.4, -0.2) is 18.7 Å². The molecule has 0 atom stereocenters. The summed E-state index contributed by atoms with van der Waals surface area (Å²) in [6, 6.07) is 23.1. The molecule has 0 unspecified atom stereocenters. The Hall–Kier alpha value is -3.12. The lowest BCUT2D eigenvalue weighted by Crippen LogP contribution is -2.24. The third-order valence-corrected chi connectivity index (χ3v) is 4.60. The maximum Gasteiger partial charge on any atom is 0.277 e. The molecule has 0 aliphatic heterocycles. The molecule has 0 bridgehead atoms. The zero-order chi connectivity index (χ0) is 20.5. The van der Waals surface area contributed by atoms with E-state index in [0.717, 1.165) is 26.9 Å². The summed E-state index contributed by atoms with van der Waals surface area (Å²) in [5, 5.41) is 3.96. The SMILES string of the molecule is Cc1ccc(OCC(=O)N/N=C/c2ccc(OCc3ccccc3)cc2)c(Br)c1. The number of carbonyl (C=O) groups excluding carboxylic acids is 1. The number of hydrogen-bond donors (Lipinski definition) is 1. The van der Waals surface area contributed by atoms with Gasteiger partial charge in [-0.1, -0.05) is 36.4 Å². The molecule has 0 aromatic heterocycles. The molecule has 0 heterocycles. The highest BCUT2D eigenvalue weighted by Crippen LogP contribution is 2.25. The lowest BCUT2D eigenvalue weighted by Gasteiger charge is -2.07. The topological polar surface area (TPSA) is 59.9 Å². The number of benzene rings is 3. The van der Waals surface area contributed by atoms with Crippen molar-refractivity contribution in [2.24, 2.45) is 5.10 Å². The summed E-state index contributed by atoms with van der Waals surface area (Å²) in [7, 11) is 0. The van der Waals surface area contributed by atoms with E-state index in [-0.39, 0.29) is 12.5 Å². The fourth-order valence-corrected chi connectivity index (χ4v) is 3.08. The zero-order valence-electron chi connectivity index (χ0n) is 16.0. The average molecular weight is 453 g/mol. The number of amides is 1. The molecular weight excluding hydrogens is 432 g/mol. The molecule has 29 heavy (non-hydrogen) atoms. The average Bonchev–Trinajstić information content (AvgIpc) is 2.73. The molecule has 0 aliphatic rings. The van der Waals surface area contributed by atoms with Crippen molar-refractivity contribution in [3.63, 3.8) is 0 Å². The Morgan fingerprint density at radius 3 is 2.52 bits per heavy atom. The molecule has 0 fully saturated rings.